The zero-order valence-corrected chi connectivity index (χ0v) is 9.61. The van der Waals surface area contributed by atoms with Gasteiger partial charge in [-0.1, -0.05) is 29.8 Å². The summed E-state index contributed by atoms with van der Waals surface area (Å²) in [7, 11) is 0. The highest BCUT2D eigenvalue weighted by atomic mass is 15.2. The van der Waals surface area contributed by atoms with Crippen LogP contribution in [0.15, 0.2) is 24.3 Å². The molecule has 1 unspecified atom stereocenters. The molecule has 1 aliphatic heterocycles. The Morgan fingerprint density at radius 3 is 2.87 bits per heavy atom. The molecule has 1 heterocycles. The zero-order chi connectivity index (χ0) is 10.8. The average molecular weight is 204 g/mol. The molecule has 1 aromatic carbocycles. The van der Waals surface area contributed by atoms with Crippen LogP contribution in [0.25, 0.3) is 0 Å². The van der Waals surface area contributed by atoms with Gasteiger partial charge in [0.05, 0.1) is 0 Å². The van der Waals surface area contributed by atoms with Crippen LogP contribution in [0.1, 0.15) is 30.5 Å². The van der Waals surface area contributed by atoms with Crippen molar-refractivity contribution in [3.63, 3.8) is 0 Å². The van der Waals surface area contributed by atoms with Gasteiger partial charge < -0.3 is 5.73 Å². The van der Waals surface area contributed by atoms with Crippen molar-refractivity contribution in [3.05, 3.63) is 35.4 Å². The third kappa shape index (κ3) is 2.39. The van der Waals surface area contributed by atoms with E-state index in [1.165, 1.54) is 11.1 Å². The van der Waals surface area contributed by atoms with Crippen LogP contribution in [0, 0.1) is 6.92 Å². The van der Waals surface area contributed by atoms with Crippen molar-refractivity contribution >= 4 is 0 Å². The molecule has 1 aromatic rings. The minimum atomic E-state index is 0.372. The molecule has 0 spiro atoms. The van der Waals surface area contributed by atoms with Crippen molar-refractivity contribution in [1.82, 2.24) is 4.90 Å². The second-order valence-electron chi connectivity index (χ2n) is 4.63. The summed E-state index contributed by atoms with van der Waals surface area (Å²) in [6, 6.07) is 9.63. The number of hydrogen-bond donors (Lipinski definition) is 1. The van der Waals surface area contributed by atoms with Crippen LogP contribution < -0.4 is 5.73 Å². The van der Waals surface area contributed by atoms with E-state index in [0.29, 0.717) is 12.1 Å². The SMILES string of the molecule is Cc1cccc(C(C)N2CC[C@H](N)C2)c1. The molecule has 1 aliphatic rings. The third-order valence-corrected chi connectivity index (χ3v) is 3.33. The van der Waals surface area contributed by atoms with Gasteiger partial charge in [0.2, 0.25) is 0 Å². The zero-order valence-electron chi connectivity index (χ0n) is 9.61. The first-order valence-corrected chi connectivity index (χ1v) is 5.73. The number of nitrogens with zero attached hydrogens (tertiary/aromatic N) is 1. The van der Waals surface area contributed by atoms with Gasteiger partial charge in [-0.25, -0.2) is 0 Å². The summed E-state index contributed by atoms with van der Waals surface area (Å²) in [5.41, 5.74) is 8.67. The van der Waals surface area contributed by atoms with Gasteiger partial charge in [0.1, 0.15) is 0 Å². The van der Waals surface area contributed by atoms with Gasteiger partial charge in [0.25, 0.3) is 0 Å². The van der Waals surface area contributed by atoms with E-state index < -0.39 is 0 Å². The lowest BCUT2D eigenvalue weighted by molar-refractivity contribution is 0.260. The third-order valence-electron chi connectivity index (χ3n) is 3.33. The van der Waals surface area contributed by atoms with Crippen molar-refractivity contribution in [2.75, 3.05) is 13.1 Å². The van der Waals surface area contributed by atoms with E-state index in [-0.39, 0.29) is 0 Å². The summed E-state index contributed by atoms with van der Waals surface area (Å²) in [6.07, 6.45) is 1.14. The van der Waals surface area contributed by atoms with E-state index in [9.17, 15) is 0 Å². The summed E-state index contributed by atoms with van der Waals surface area (Å²) in [5.74, 6) is 0. The maximum atomic E-state index is 5.93. The number of benzene rings is 1. The molecule has 2 atom stereocenters. The fourth-order valence-corrected chi connectivity index (χ4v) is 2.31. The van der Waals surface area contributed by atoms with Gasteiger partial charge in [-0.15, -0.1) is 0 Å². The monoisotopic (exact) mass is 204 g/mol. The molecular formula is C13H20N2. The highest BCUT2D eigenvalue weighted by Crippen LogP contribution is 2.24. The summed E-state index contributed by atoms with van der Waals surface area (Å²) < 4.78 is 0. The molecule has 2 N–H and O–H groups in total. The molecule has 2 heteroatoms. The van der Waals surface area contributed by atoms with Crippen molar-refractivity contribution in [2.45, 2.75) is 32.4 Å². The molecule has 0 amide bonds. The molecule has 15 heavy (non-hydrogen) atoms. The Balaban J connectivity index is 2.10. The lowest BCUT2D eigenvalue weighted by Crippen LogP contribution is -2.28. The Kier molecular flexibility index (Phi) is 3.08. The lowest BCUT2D eigenvalue weighted by Gasteiger charge is -2.24. The topological polar surface area (TPSA) is 29.3 Å². The molecule has 0 saturated carbocycles. The van der Waals surface area contributed by atoms with Gasteiger partial charge in [0.15, 0.2) is 0 Å². The van der Waals surface area contributed by atoms with E-state index in [0.717, 1.165) is 19.5 Å². The van der Waals surface area contributed by atoms with Crippen molar-refractivity contribution in [2.24, 2.45) is 5.73 Å². The van der Waals surface area contributed by atoms with Gasteiger partial charge in [0, 0.05) is 25.2 Å². The first-order chi connectivity index (χ1) is 7.16. The van der Waals surface area contributed by atoms with E-state index >= 15 is 0 Å². The van der Waals surface area contributed by atoms with Gasteiger partial charge in [-0.3, -0.25) is 4.90 Å². The highest BCUT2D eigenvalue weighted by molar-refractivity contribution is 5.24. The lowest BCUT2D eigenvalue weighted by atomic mass is 10.0. The largest absolute Gasteiger partial charge is 0.326 e. The molecular weight excluding hydrogens is 184 g/mol. The first kappa shape index (κ1) is 10.7. The summed E-state index contributed by atoms with van der Waals surface area (Å²) in [4.78, 5) is 2.47. The van der Waals surface area contributed by atoms with Crippen LogP contribution in [0.5, 0.6) is 0 Å². The van der Waals surface area contributed by atoms with Crippen molar-refractivity contribution < 1.29 is 0 Å². The quantitative estimate of drug-likeness (QED) is 0.799. The summed E-state index contributed by atoms with van der Waals surface area (Å²) in [5, 5.41) is 0. The Labute approximate surface area is 92.1 Å². The molecule has 1 fully saturated rings. The molecule has 2 nitrogen and oxygen atoms in total. The minimum absolute atomic E-state index is 0.372. The molecule has 82 valence electrons. The highest BCUT2D eigenvalue weighted by Gasteiger charge is 2.24. The van der Waals surface area contributed by atoms with Crippen molar-refractivity contribution in [1.29, 1.82) is 0 Å². The molecule has 0 bridgehead atoms. The van der Waals surface area contributed by atoms with Crippen LogP contribution in [-0.4, -0.2) is 24.0 Å². The Morgan fingerprint density at radius 2 is 2.27 bits per heavy atom. The van der Waals surface area contributed by atoms with E-state index in [4.69, 9.17) is 5.73 Å². The van der Waals surface area contributed by atoms with Crippen LogP contribution >= 0.6 is 0 Å². The molecule has 1 saturated heterocycles. The average Bonchev–Trinajstić information content (AvgIpc) is 2.64. The predicted molar refractivity (Wildman–Crippen MR) is 63.8 cm³/mol. The standard InChI is InChI=1S/C13H20N2/c1-10-4-3-5-12(8-10)11(2)15-7-6-13(14)9-15/h3-5,8,11,13H,6-7,9,14H2,1-2H3/t11?,13-/m0/s1. The fraction of sp³-hybridized carbons (Fsp3) is 0.538. The number of aryl methyl sites for hydroxylation is 1. The Morgan fingerprint density at radius 1 is 1.47 bits per heavy atom. The Hall–Kier alpha value is -0.860. The number of rotatable bonds is 2. The number of hydrogen-bond acceptors (Lipinski definition) is 2. The van der Waals surface area contributed by atoms with Crippen molar-refractivity contribution in [3.8, 4) is 0 Å². The number of nitrogens with two attached hydrogens (primary N) is 1. The molecule has 2 rings (SSSR count). The van der Waals surface area contributed by atoms with Gasteiger partial charge >= 0.3 is 0 Å². The van der Waals surface area contributed by atoms with Crippen LogP contribution in [0.2, 0.25) is 0 Å². The maximum Gasteiger partial charge on any atom is 0.0320 e. The molecule has 0 aromatic heterocycles. The second-order valence-corrected chi connectivity index (χ2v) is 4.63. The minimum Gasteiger partial charge on any atom is -0.326 e. The maximum absolute atomic E-state index is 5.93. The van der Waals surface area contributed by atoms with E-state index in [1.54, 1.807) is 0 Å². The predicted octanol–water partition coefficient (Wildman–Crippen LogP) is 2.09. The fourth-order valence-electron chi connectivity index (χ4n) is 2.31. The summed E-state index contributed by atoms with van der Waals surface area (Å²) in [6.45, 7) is 6.59. The van der Waals surface area contributed by atoms with E-state index in [1.807, 2.05) is 0 Å². The van der Waals surface area contributed by atoms with Gasteiger partial charge in [-0.05, 0) is 25.8 Å². The Bertz CT molecular complexity index is 335. The van der Waals surface area contributed by atoms with E-state index in [2.05, 4.69) is 43.0 Å². The van der Waals surface area contributed by atoms with Crippen LogP contribution in [0.4, 0.5) is 0 Å². The normalized spacial score (nSPS) is 24.3. The summed E-state index contributed by atoms with van der Waals surface area (Å²) >= 11 is 0. The first-order valence-electron chi connectivity index (χ1n) is 5.73. The molecule has 0 aliphatic carbocycles. The number of likely N-dealkylation sites (tertiary alicyclic amines) is 1. The smallest absolute Gasteiger partial charge is 0.0320 e. The van der Waals surface area contributed by atoms with Gasteiger partial charge in [-0.2, -0.15) is 0 Å². The second kappa shape index (κ2) is 4.33. The molecule has 0 radical (unpaired) electrons. The van der Waals surface area contributed by atoms with Crippen LogP contribution in [-0.2, 0) is 0 Å². The van der Waals surface area contributed by atoms with Crippen LogP contribution in [0.3, 0.4) is 0 Å².